The third-order valence-electron chi connectivity index (χ3n) is 4.24. The van der Waals surface area contributed by atoms with Crippen molar-refractivity contribution in [3.05, 3.63) is 89.6 Å². The molecule has 0 radical (unpaired) electrons. The summed E-state index contributed by atoms with van der Waals surface area (Å²) in [6.45, 7) is 0. The van der Waals surface area contributed by atoms with Gasteiger partial charge >= 0.3 is 10.2 Å². The van der Waals surface area contributed by atoms with Crippen LogP contribution < -0.4 is 10.0 Å². The fourth-order valence-corrected chi connectivity index (χ4v) is 3.92. The lowest BCUT2D eigenvalue weighted by atomic mass is 10.0. The molecule has 3 aromatic carbocycles. The normalized spacial score (nSPS) is 15.5. The summed E-state index contributed by atoms with van der Waals surface area (Å²) in [5, 5.41) is 4.77. The first-order valence-corrected chi connectivity index (χ1v) is 9.86. The van der Waals surface area contributed by atoms with Crippen LogP contribution in [-0.2, 0) is 16.6 Å². The minimum atomic E-state index is -3.95. The molecule has 0 aromatic heterocycles. The van der Waals surface area contributed by atoms with Gasteiger partial charge in [0.15, 0.2) is 11.6 Å². The van der Waals surface area contributed by atoms with Crippen LogP contribution >= 0.6 is 0 Å². The number of anilines is 1. The highest BCUT2D eigenvalue weighted by molar-refractivity contribution is 7.88. The molecule has 3 aromatic rings. The number of allylic oxidation sites excluding steroid dienone is 1. The van der Waals surface area contributed by atoms with Crippen molar-refractivity contribution < 1.29 is 17.2 Å². The molecule has 1 heterocycles. The number of hydrogen-bond donors (Lipinski definition) is 2. The Morgan fingerprint density at radius 3 is 2.57 bits per heavy atom. The maximum Gasteiger partial charge on any atom is 0.343 e. The molecule has 0 atom stereocenters. The van der Waals surface area contributed by atoms with E-state index in [2.05, 4.69) is 14.4 Å². The molecule has 1 aliphatic rings. The second kappa shape index (κ2) is 7.05. The van der Waals surface area contributed by atoms with Gasteiger partial charge in [-0.1, -0.05) is 42.5 Å². The van der Waals surface area contributed by atoms with Gasteiger partial charge in [-0.25, -0.2) is 8.78 Å². The number of halogens is 2. The molecule has 8 heteroatoms. The van der Waals surface area contributed by atoms with Gasteiger partial charge in [0.2, 0.25) is 0 Å². The van der Waals surface area contributed by atoms with Crippen molar-refractivity contribution in [1.82, 2.24) is 4.72 Å². The molecule has 4 rings (SSSR count). The molecule has 2 N–H and O–H groups in total. The van der Waals surface area contributed by atoms with Gasteiger partial charge in [-0.2, -0.15) is 8.42 Å². The van der Waals surface area contributed by atoms with Crippen molar-refractivity contribution in [2.24, 2.45) is 4.40 Å². The minimum absolute atomic E-state index is 0.0139. The van der Waals surface area contributed by atoms with Crippen LogP contribution in [0.25, 0.3) is 10.8 Å². The second-order valence-corrected chi connectivity index (χ2v) is 7.63. The Hall–Kier alpha value is -3.26. The van der Waals surface area contributed by atoms with Gasteiger partial charge in [0.25, 0.3) is 0 Å². The first-order chi connectivity index (χ1) is 13.4. The van der Waals surface area contributed by atoms with Crippen LogP contribution in [0.2, 0.25) is 0 Å². The molecule has 1 aliphatic heterocycles. The largest absolute Gasteiger partial charge is 0.343 e. The van der Waals surface area contributed by atoms with Gasteiger partial charge in [-0.05, 0) is 28.5 Å². The molecule has 0 amide bonds. The molecule has 0 saturated heterocycles. The summed E-state index contributed by atoms with van der Waals surface area (Å²) < 4.78 is 56.7. The van der Waals surface area contributed by atoms with Crippen molar-refractivity contribution in [2.75, 3.05) is 5.32 Å². The highest BCUT2D eigenvalue weighted by Crippen LogP contribution is 2.22. The lowest BCUT2D eigenvalue weighted by molar-refractivity contribution is 0.509. The fraction of sp³-hybridized carbons (Fsp3) is 0.0500. The zero-order valence-electron chi connectivity index (χ0n) is 14.5. The quantitative estimate of drug-likeness (QED) is 0.702. The maximum atomic E-state index is 13.4. The summed E-state index contributed by atoms with van der Waals surface area (Å²) in [6.07, 6.45) is 1.86. The standard InChI is InChI=1S/C20H15F2N3O2S/c21-18-9-8-15(11-19(18)22)23-20-12-16(24-28(26,27)25-20)10-14-6-3-5-13-4-1-2-7-17(13)14/h1-9,11-12,24H,10H2,(H,23,25). The number of nitrogens with zero attached hydrogens (tertiary/aromatic N) is 1. The van der Waals surface area contributed by atoms with Gasteiger partial charge in [0.1, 0.15) is 5.84 Å². The third kappa shape index (κ3) is 3.86. The lowest BCUT2D eigenvalue weighted by Gasteiger charge is -2.17. The van der Waals surface area contributed by atoms with E-state index in [9.17, 15) is 17.2 Å². The van der Waals surface area contributed by atoms with Crippen molar-refractivity contribution in [3.8, 4) is 0 Å². The first-order valence-electron chi connectivity index (χ1n) is 8.42. The van der Waals surface area contributed by atoms with Gasteiger partial charge < -0.3 is 5.32 Å². The molecule has 0 spiro atoms. The maximum absolute atomic E-state index is 13.4. The Balaban J connectivity index is 1.65. The molecular weight excluding hydrogens is 384 g/mol. The molecule has 142 valence electrons. The van der Waals surface area contributed by atoms with Crippen LogP contribution in [0.4, 0.5) is 14.5 Å². The summed E-state index contributed by atoms with van der Waals surface area (Å²) in [6, 6.07) is 16.8. The number of fused-ring (bicyclic) bond motifs is 1. The number of benzene rings is 3. The van der Waals surface area contributed by atoms with E-state index in [0.29, 0.717) is 12.1 Å². The van der Waals surface area contributed by atoms with Gasteiger partial charge in [0.05, 0.1) is 0 Å². The van der Waals surface area contributed by atoms with Crippen LogP contribution in [-0.4, -0.2) is 14.3 Å². The predicted molar refractivity (Wildman–Crippen MR) is 105 cm³/mol. The Labute approximate surface area is 160 Å². The van der Waals surface area contributed by atoms with Crippen molar-refractivity contribution in [1.29, 1.82) is 0 Å². The summed E-state index contributed by atoms with van der Waals surface area (Å²) in [5.74, 6) is -2.01. The summed E-state index contributed by atoms with van der Waals surface area (Å²) in [5.41, 5.74) is 1.55. The monoisotopic (exact) mass is 399 g/mol. The van der Waals surface area contributed by atoms with E-state index >= 15 is 0 Å². The second-order valence-electron chi connectivity index (χ2n) is 6.29. The van der Waals surface area contributed by atoms with E-state index in [4.69, 9.17) is 0 Å². The van der Waals surface area contributed by atoms with Gasteiger partial charge in [0, 0.05) is 29.9 Å². The van der Waals surface area contributed by atoms with Crippen molar-refractivity contribution >= 4 is 32.5 Å². The van der Waals surface area contributed by atoms with Crippen molar-refractivity contribution in [2.45, 2.75) is 6.42 Å². The molecule has 28 heavy (non-hydrogen) atoms. The average Bonchev–Trinajstić information content (AvgIpc) is 2.64. The Kier molecular flexibility index (Phi) is 4.56. The predicted octanol–water partition coefficient (Wildman–Crippen LogP) is 3.90. The molecule has 0 fully saturated rings. The molecule has 0 saturated carbocycles. The third-order valence-corrected chi connectivity index (χ3v) is 5.20. The summed E-state index contributed by atoms with van der Waals surface area (Å²) in [4.78, 5) is 0. The molecule has 5 nitrogen and oxygen atoms in total. The van der Waals surface area contributed by atoms with E-state index in [1.54, 1.807) is 0 Å². The zero-order valence-corrected chi connectivity index (χ0v) is 15.3. The van der Waals surface area contributed by atoms with Crippen LogP contribution in [0.1, 0.15) is 5.56 Å². The van der Waals surface area contributed by atoms with Crippen LogP contribution in [0.15, 0.2) is 76.8 Å². The number of hydrogen-bond acceptors (Lipinski definition) is 3. The zero-order chi connectivity index (χ0) is 19.7. The summed E-state index contributed by atoms with van der Waals surface area (Å²) in [7, 11) is -3.95. The van der Waals surface area contributed by atoms with Crippen molar-refractivity contribution in [3.63, 3.8) is 0 Å². The smallest absolute Gasteiger partial charge is 0.339 e. The lowest BCUT2D eigenvalue weighted by Crippen LogP contribution is -2.30. The average molecular weight is 399 g/mol. The van der Waals surface area contributed by atoms with Crippen LogP contribution in [0.5, 0.6) is 0 Å². The SMILES string of the molecule is O=S1(=O)N=C(Nc2ccc(F)c(F)c2)C=C(Cc2cccc3ccccc23)N1. The fourth-order valence-electron chi connectivity index (χ4n) is 3.06. The Morgan fingerprint density at radius 1 is 0.964 bits per heavy atom. The summed E-state index contributed by atoms with van der Waals surface area (Å²) >= 11 is 0. The van der Waals surface area contributed by atoms with E-state index in [1.807, 2.05) is 42.5 Å². The van der Waals surface area contributed by atoms with Gasteiger partial charge in [-0.15, -0.1) is 4.40 Å². The van der Waals surface area contributed by atoms with Crippen LogP contribution in [0, 0.1) is 11.6 Å². The Morgan fingerprint density at radius 2 is 1.75 bits per heavy atom. The number of amidine groups is 1. The van der Waals surface area contributed by atoms with E-state index in [1.165, 1.54) is 12.1 Å². The number of nitrogens with one attached hydrogen (secondary N) is 2. The highest BCUT2D eigenvalue weighted by Gasteiger charge is 2.19. The van der Waals surface area contributed by atoms with E-state index in [-0.39, 0.29) is 11.5 Å². The highest BCUT2D eigenvalue weighted by atomic mass is 32.2. The molecule has 0 bridgehead atoms. The molecular formula is C20H15F2N3O2S. The minimum Gasteiger partial charge on any atom is -0.339 e. The van der Waals surface area contributed by atoms with Gasteiger partial charge in [-0.3, -0.25) is 4.72 Å². The van der Waals surface area contributed by atoms with E-state index < -0.39 is 21.8 Å². The molecule has 0 unspecified atom stereocenters. The number of rotatable bonds is 3. The van der Waals surface area contributed by atoms with Crippen LogP contribution in [0.3, 0.4) is 0 Å². The van der Waals surface area contributed by atoms with E-state index in [0.717, 1.165) is 28.5 Å². The molecule has 0 aliphatic carbocycles. The first kappa shape index (κ1) is 18.1. The topological polar surface area (TPSA) is 70.6 Å². The Bertz CT molecular complexity index is 1230.